The molecular weight excluding hydrogens is 323 g/mol. The van der Waals surface area contributed by atoms with Crippen molar-refractivity contribution < 1.29 is 13.7 Å². The number of halogens is 1. The van der Waals surface area contributed by atoms with E-state index in [0.29, 0.717) is 30.5 Å². The van der Waals surface area contributed by atoms with Gasteiger partial charge in [0, 0.05) is 25.6 Å². The van der Waals surface area contributed by atoms with E-state index in [1.807, 2.05) is 7.05 Å². The van der Waals surface area contributed by atoms with Crippen molar-refractivity contribution in [3.8, 4) is 0 Å². The van der Waals surface area contributed by atoms with Gasteiger partial charge in [-0.2, -0.15) is 4.98 Å². The first-order chi connectivity index (χ1) is 12.1. The number of nitrogens with zero attached hydrogens (tertiary/aromatic N) is 4. The van der Waals surface area contributed by atoms with Gasteiger partial charge < -0.3 is 9.42 Å². The van der Waals surface area contributed by atoms with Crippen LogP contribution in [-0.4, -0.2) is 52.5 Å². The second kappa shape index (κ2) is 6.55. The van der Waals surface area contributed by atoms with E-state index in [-0.39, 0.29) is 24.2 Å². The Balaban J connectivity index is 1.45. The Kier molecular flexibility index (Phi) is 4.25. The van der Waals surface area contributed by atoms with Gasteiger partial charge in [-0.05, 0) is 31.5 Å². The largest absolute Gasteiger partial charge is 0.339 e. The van der Waals surface area contributed by atoms with Crippen LogP contribution in [0.1, 0.15) is 42.1 Å². The van der Waals surface area contributed by atoms with Crippen molar-refractivity contribution in [1.82, 2.24) is 19.9 Å². The van der Waals surface area contributed by atoms with Crippen LogP contribution in [0.3, 0.4) is 0 Å². The third kappa shape index (κ3) is 3.42. The van der Waals surface area contributed by atoms with Gasteiger partial charge in [0.05, 0.1) is 6.42 Å². The molecule has 4 rings (SSSR count). The van der Waals surface area contributed by atoms with E-state index in [1.165, 1.54) is 6.07 Å². The zero-order valence-corrected chi connectivity index (χ0v) is 14.2. The molecule has 0 N–H and O–H groups in total. The number of benzene rings is 1. The van der Waals surface area contributed by atoms with E-state index in [2.05, 4.69) is 15.0 Å². The van der Waals surface area contributed by atoms with Crippen molar-refractivity contribution in [3.05, 3.63) is 47.4 Å². The fourth-order valence-electron chi connectivity index (χ4n) is 3.17. The van der Waals surface area contributed by atoms with Gasteiger partial charge in [-0.1, -0.05) is 23.4 Å². The topological polar surface area (TPSA) is 62.5 Å². The van der Waals surface area contributed by atoms with E-state index in [4.69, 9.17) is 4.52 Å². The molecule has 0 radical (unpaired) electrons. The van der Waals surface area contributed by atoms with E-state index in [0.717, 1.165) is 25.2 Å². The molecule has 25 heavy (non-hydrogen) atoms. The Hall–Kier alpha value is -2.28. The lowest BCUT2D eigenvalue weighted by atomic mass is 10.1. The van der Waals surface area contributed by atoms with Crippen molar-refractivity contribution in [2.75, 3.05) is 26.7 Å². The molecular formula is C18H21FN4O2. The lowest BCUT2D eigenvalue weighted by molar-refractivity contribution is -0.133. The molecule has 0 spiro atoms. The predicted octanol–water partition coefficient (Wildman–Crippen LogP) is 2.14. The summed E-state index contributed by atoms with van der Waals surface area (Å²) in [7, 11) is 1.99. The van der Waals surface area contributed by atoms with Gasteiger partial charge in [-0.25, -0.2) is 4.39 Å². The normalized spacial score (nSPS) is 21.5. The Morgan fingerprint density at radius 3 is 2.88 bits per heavy atom. The maximum atomic E-state index is 13.8. The van der Waals surface area contributed by atoms with Crippen molar-refractivity contribution in [1.29, 1.82) is 0 Å². The molecule has 6 nitrogen and oxygen atoms in total. The van der Waals surface area contributed by atoms with Gasteiger partial charge in [-0.3, -0.25) is 9.69 Å². The summed E-state index contributed by atoms with van der Waals surface area (Å²) in [5.74, 6) is 1.36. The van der Waals surface area contributed by atoms with Crippen LogP contribution in [0.4, 0.5) is 4.39 Å². The number of amides is 1. The molecule has 0 bridgehead atoms. The molecule has 1 saturated heterocycles. The van der Waals surface area contributed by atoms with Gasteiger partial charge >= 0.3 is 0 Å². The molecule has 1 aliphatic carbocycles. The molecule has 1 aromatic carbocycles. The highest BCUT2D eigenvalue weighted by atomic mass is 19.1. The van der Waals surface area contributed by atoms with Crippen LogP contribution in [0.25, 0.3) is 0 Å². The van der Waals surface area contributed by atoms with Crippen LogP contribution in [-0.2, 0) is 11.2 Å². The smallest absolute Gasteiger partial charge is 0.245 e. The van der Waals surface area contributed by atoms with Gasteiger partial charge in [0.15, 0.2) is 5.82 Å². The Morgan fingerprint density at radius 2 is 2.12 bits per heavy atom. The van der Waals surface area contributed by atoms with Crippen LogP contribution in [0.2, 0.25) is 0 Å². The number of piperazine rings is 1. The Labute approximate surface area is 145 Å². The fourth-order valence-corrected chi connectivity index (χ4v) is 3.17. The molecule has 2 aromatic rings. The van der Waals surface area contributed by atoms with Crippen molar-refractivity contribution >= 4 is 5.91 Å². The van der Waals surface area contributed by atoms with Crippen molar-refractivity contribution in [2.45, 2.75) is 31.2 Å². The third-order valence-electron chi connectivity index (χ3n) is 4.99. The number of likely N-dealkylation sites (N-methyl/N-ethyl adjacent to an activating group) is 1. The highest BCUT2D eigenvalue weighted by Crippen LogP contribution is 2.38. The quantitative estimate of drug-likeness (QED) is 0.850. The fraction of sp³-hybridized carbons (Fsp3) is 0.500. The van der Waals surface area contributed by atoms with Gasteiger partial charge in [0.2, 0.25) is 11.8 Å². The summed E-state index contributed by atoms with van der Waals surface area (Å²) in [6.45, 7) is 1.81. The van der Waals surface area contributed by atoms with Crippen LogP contribution >= 0.6 is 0 Å². The van der Waals surface area contributed by atoms with Crippen LogP contribution in [0.5, 0.6) is 0 Å². The monoisotopic (exact) mass is 344 g/mol. The highest BCUT2D eigenvalue weighted by Gasteiger charge is 2.35. The van der Waals surface area contributed by atoms with E-state index in [1.54, 1.807) is 23.1 Å². The predicted molar refractivity (Wildman–Crippen MR) is 88.3 cm³/mol. The first-order valence-electron chi connectivity index (χ1n) is 8.66. The molecule has 1 unspecified atom stereocenters. The molecule has 2 aliphatic rings. The number of hydrogen-bond donors (Lipinski definition) is 0. The lowest BCUT2D eigenvalue weighted by Crippen LogP contribution is -2.49. The number of hydrogen-bond acceptors (Lipinski definition) is 5. The maximum absolute atomic E-state index is 13.8. The molecule has 7 heteroatoms. The second-order valence-electron chi connectivity index (χ2n) is 6.87. The minimum absolute atomic E-state index is 0.0697. The van der Waals surface area contributed by atoms with E-state index >= 15 is 0 Å². The summed E-state index contributed by atoms with van der Waals surface area (Å²) in [4.78, 5) is 21.0. The Bertz CT molecular complexity index is 774. The first kappa shape index (κ1) is 16.2. The highest BCUT2D eigenvalue weighted by molar-refractivity contribution is 5.79. The molecule has 2 fully saturated rings. The molecule has 2 heterocycles. The molecule has 1 saturated carbocycles. The van der Waals surface area contributed by atoms with Gasteiger partial charge in [0.1, 0.15) is 11.9 Å². The number of carbonyl (C=O) groups excluding carboxylic acids is 1. The number of aromatic nitrogens is 2. The van der Waals surface area contributed by atoms with Crippen LogP contribution in [0.15, 0.2) is 28.8 Å². The average molecular weight is 344 g/mol. The number of rotatable bonds is 4. The summed E-state index contributed by atoms with van der Waals surface area (Å²) in [5, 5.41) is 4.07. The lowest BCUT2D eigenvalue weighted by Gasteiger charge is -2.37. The van der Waals surface area contributed by atoms with Gasteiger partial charge in [-0.15, -0.1) is 0 Å². The zero-order chi connectivity index (χ0) is 17.4. The summed E-state index contributed by atoms with van der Waals surface area (Å²) in [5.41, 5.74) is 0.428. The van der Waals surface area contributed by atoms with Crippen molar-refractivity contribution in [2.24, 2.45) is 0 Å². The average Bonchev–Trinajstić information content (AvgIpc) is 3.35. The second-order valence-corrected chi connectivity index (χ2v) is 6.87. The summed E-state index contributed by atoms with van der Waals surface area (Å²) < 4.78 is 19.2. The van der Waals surface area contributed by atoms with E-state index in [9.17, 15) is 9.18 Å². The summed E-state index contributed by atoms with van der Waals surface area (Å²) in [6, 6.07) is 6.30. The summed E-state index contributed by atoms with van der Waals surface area (Å²) in [6.07, 6.45) is 2.31. The maximum Gasteiger partial charge on any atom is 0.245 e. The molecule has 1 aromatic heterocycles. The minimum atomic E-state index is -0.340. The van der Waals surface area contributed by atoms with Gasteiger partial charge in [0.25, 0.3) is 0 Å². The van der Waals surface area contributed by atoms with Crippen LogP contribution < -0.4 is 0 Å². The van der Waals surface area contributed by atoms with Crippen LogP contribution in [0, 0.1) is 5.82 Å². The molecule has 1 amide bonds. The third-order valence-corrected chi connectivity index (χ3v) is 4.99. The SMILES string of the molecule is CN1CCN(C(=O)Cc2ccccc2F)CC1c1nc(C2CC2)no1. The van der Waals surface area contributed by atoms with Crippen molar-refractivity contribution in [3.63, 3.8) is 0 Å². The van der Waals surface area contributed by atoms with E-state index < -0.39 is 0 Å². The summed E-state index contributed by atoms with van der Waals surface area (Å²) >= 11 is 0. The molecule has 132 valence electrons. The first-order valence-corrected chi connectivity index (χ1v) is 8.66. The standard InChI is InChI=1S/C18H21FN4O2/c1-22-8-9-23(16(24)10-13-4-2-3-5-14(13)19)11-15(22)18-20-17(21-25-18)12-6-7-12/h2-5,12,15H,6-11H2,1H3. The number of carbonyl (C=O) groups is 1. The Morgan fingerprint density at radius 1 is 1.32 bits per heavy atom. The molecule has 1 atom stereocenters. The zero-order valence-electron chi connectivity index (χ0n) is 14.2. The molecule has 1 aliphatic heterocycles. The minimum Gasteiger partial charge on any atom is -0.339 e.